The number of carbonyl (C=O) groups is 2. The molecule has 1 aliphatic rings. The Hall–Kier alpha value is -2.73. The number of anilines is 2. The summed E-state index contributed by atoms with van der Waals surface area (Å²) in [6.45, 7) is 2.61. The van der Waals surface area contributed by atoms with Gasteiger partial charge in [0.05, 0.1) is 17.9 Å². The minimum absolute atomic E-state index is 0.0777. The number of hydrogen-bond acceptors (Lipinski definition) is 3. The Morgan fingerprint density at radius 1 is 1.23 bits per heavy atom. The van der Waals surface area contributed by atoms with Gasteiger partial charge in [0.15, 0.2) is 0 Å². The number of rotatable bonds is 4. The van der Waals surface area contributed by atoms with Crippen molar-refractivity contribution < 1.29 is 14.0 Å². The topological polar surface area (TPSA) is 52.7 Å². The van der Waals surface area contributed by atoms with Crippen molar-refractivity contribution in [2.75, 3.05) is 23.8 Å². The van der Waals surface area contributed by atoms with Crippen LogP contribution >= 0.6 is 0 Å². The van der Waals surface area contributed by atoms with Crippen LogP contribution in [-0.4, -0.2) is 36.3 Å². The number of nitrogens with one attached hydrogen (secondary N) is 1. The first-order valence-corrected chi connectivity index (χ1v) is 8.58. The zero-order valence-electron chi connectivity index (χ0n) is 14.9. The maximum Gasteiger partial charge on any atom is 0.241 e. The number of likely N-dealkylation sites (N-methyl/N-ethyl adjacent to an activating group) is 1. The predicted molar refractivity (Wildman–Crippen MR) is 99.4 cm³/mol. The fourth-order valence-corrected chi connectivity index (χ4v) is 3.23. The van der Waals surface area contributed by atoms with Crippen LogP contribution in [0, 0.1) is 5.82 Å². The van der Waals surface area contributed by atoms with E-state index in [-0.39, 0.29) is 36.6 Å². The highest BCUT2D eigenvalue weighted by Crippen LogP contribution is 2.31. The summed E-state index contributed by atoms with van der Waals surface area (Å²) in [4.78, 5) is 28.6. The molecule has 5 nitrogen and oxygen atoms in total. The van der Waals surface area contributed by atoms with Crippen molar-refractivity contribution >= 4 is 23.2 Å². The normalized spacial score (nSPS) is 16.8. The predicted octanol–water partition coefficient (Wildman–Crippen LogP) is 3.02. The molecule has 0 fully saturated rings. The van der Waals surface area contributed by atoms with E-state index in [1.54, 1.807) is 23.1 Å². The Bertz CT molecular complexity index is 807. The van der Waals surface area contributed by atoms with Crippen LogP contribution in [0.25, 0.3) is 0 Å². The molecule has 1 N–H and O–H groups in total. The second-order valence-electron chi connectivity index (χ2n) is 6.68. The lowest BCUT2D eigenvalue weighted by atomic mass is 10.1. The molecule has 3 rings (SSSR count). The zero-order chi connectivity index (χ0) is 18.7. The summed E-state index contributed by atoms with van der Waals surface area (Å²) >= 11 is 0. The molecule has 0 aliphatic carbocycles. The van der Waals surface area contributed by atoms with Gasteiger partial charge in [-0.1, -0.05) is 24.3 Å². The Labute approximate surface area is 152 Å². The smallest absolute Gasteiger partial charge is 0.241 e. The van der Waals surface area contributed by atoms with E-state index in [1.807, 2.05) is 37.1 Å². The lowest BCUT2D eigenvalue weighted by molar-refractivity contribution is -0.120. The van der Waals surface area contributed by atoms with Gasteiger partial charge in [-0.25, -0.2) is 4.39 Å². The van der Waals surface area contributed by atoms with E-state index in [0.717, 1.165) is 5.56 Å². The summed E-state index contributed by atoms with van der Waals surface area (Å²) < 4.78 is 13.0. The summed E-state index contributed by atoms with van der Waals surface area (Å²) in [6.07, 6.45) is 0.252. The second-order valence-corrected chi connectivity index (χ2v) is 6.68. The molecule has 0 spiro atoms. The van der Waals surface area contributed by atoms with Gasteiger partial charge in [-0.15, -0.1) is 0 Å². The average Bonchev–Trinajstić information content (AvgIpc) is 2.71. The minimum Gasteiger partial charge on any atom is -0.324 e. The van der Waals surface area contributed by atoms with E-state index in [1.165, 1.54) is 12.1 Å². The van der Waals surface area contributed by atoms with Gasteiger partial charge in [0.25, 0.3) is 0 Å². The molecule has 0 bridgehead atoms. The van der Waals surface area contributed by atoms with Gasteiger partial charge < -0.3 is 10.2 Å². The minimum atomic E-state index is -0.278. The molecular formula is C20H22FN3O2. The van der Waals surface area contributed by atoms with E-state index < -0.39 is 0 Å². The third-order valence-corrected chi connectivity index (χ3v) is 4.40. The maximum atomic E-state index is 13.0. The molecule has 1 atom stereocenters. The quantitative estimate of drug-likeness (QED) is 0.917. The highest BCUT2D eigenvalue weighted by atomic mass is 19.1. The molecule has 1 aliphatic heterocycles. The highest BCUT2D eigenvalue weighted by Gasteiger charge is 2.29. The average molecular weight is 355 g/mol. The SMILES string of the molecule is C[C@@H]1CC(=O)Nc2ccccc2N1C(=O)CN(C)Cc1ccc(F)cc1. The summed E-state index contributed by atoms with van der Waals surface area (Å²) in [5, 5.41) is 2.85. The van der Waals surface area contributed by atoms with E-state index >= 15 is 0 Å². The number of nitrogens with zero attached hydrogens (tertiary/aromatic N) is 2. The first-order chi connectivity index (χ1) is 12.4. The van der Waals surface area contributed by atoms with Crippen LogP contribution in [0.4, 0.5) is 15.8 Å². The van der Waals surface area contributed by atoms with Crippen molar-refractivity contribution in [3.63, 3.8) is 0 Å². The number of amides is 2. The van der Waals surface area contributed by atoms with Crippen molar-refractivity contribution in [1.29, 1.82) is 0 Å². The monoisotopic (exact) mass is 355 g/mol. The fourth-order valence-electron chi connectivity index (χ4n) is 3.23. The summed E-state index contributed by atoms with van der Waals surface area (Å²) in [7, 11) is 1.85. The van der Waals surface area contributed by atoms with E-state index in [9.17, 15) is 14.0 Å². The van der Waals surface area contributed by atoms with E-state index in [0.29, 0.717) is 17.9 Å². The van der Waals surface area contributed by atoms with Crippen LogP contribution in [0.3, 0.4) is 0 Å². The highest BCUT2D eigenvalue weighted by molar-refractivity contribution is 6.04. The molecule has 0 saturated heterocycles. The number of hydrogen-bond donors (Lipinski definition) is 1. The molecule has 26 heavy (non-hydrogen) atoms. The first-order valence-electron chi connectivity index (χ1n) is 8.58. The van der Waals surface area contributed by atoms with Gasteiger partial charge in [-0.2, -0.15) is 0 Å². The van der Waals surface area contributed by atoms with Crippen LogP contribution < -0.4 is 10.2 Å². The van der Waals surface area contributed by atoms with Gasteiger partial charge in [-0.05, 0) is 43.8 Å². The van der Waals surface area contributed by atoms with Crippen molar-refractivity contribution in [2.24, 2.45) is 0 Å². The maximum absolute atomic E-state index is 13.0. The Morgan fingerprint density at radius 3 is 2.65 bits per heavy atom. The fraction of sp³-hybridized carbons (Fsp3) is 0.300. The van der Waals surface area contributed by atoms with Crippen LogP contribution in [-0.2, 0) is 16.1 Å². The van der Waals surface area contributed by atoms with Crippen molar-refractivity contribution in [3.05, 3.63) is 59.9 Å². The molecule has 0 aromatic heterocycles. The standard InChI is InChI=1S/C20H22FN3O2/c1-14-11-19(25)22-17-5-3-4-6-18(17)24(14)20(26)13-23(2)12-15-7-9-16(21)10-8-15/h3-10,14H,11-13H2,1-2H3,(H,22,25)/t14-/m1/s1. The molecule has 1 heterocycles. The van der Waals surface area contributed by atoms with Crippen molar-refractivity contribution in [2.45, 2.75) is 25.9 Å². The first kappa shape index (κ1) is 18.1. The lowest BCUT2D eigenvalue weighted by Gasteiger charge is -2.29. The zero-order valence-corrected chi connectivity index (χ0v) is 14.9. The Morgan fingerprint density at radius 2 is 1.92 bits per heavy atom. The van der Waals surface area contributed by atoms with Crippen molar-refractivity contribution in [3.8, 4) is 0 Å². The third kappa shape index (κ3) is 4.08. The molecule has 2 aromatic carbocycles. The summed E-state index contributed by atoms with van der Waals surface area (Å²) in [5.41, 5.74) is 2.30. The number of fused-ring (bicyclic) bond motifs is 1. The molecular weight excluding hydrogens is 333 g/mol. The van der Waals surface area contributed by atoms with Crippen molar-refractivity contribution in [1.82, 2.24) is 4.90 Å². The summed E-state index contributed by atoms with van der Waals surface area (Å²) in [6, 6.07) is 13.3. The van der Waals surface area contributed by atoms with Gasteiger partial charge in [0.2, 0.25) is 11.8 Å². The van der Waals surface area contributed by atoms with E-state index in [4.69, 9.17) is 0 Å². The van der Waals surface area contributed by atoms with Gasteiger partial charge in [-0.3, -0.25) is 14.5 Å². The van der Waals surface area contributed by atoms with Crippen LogP contribution in [0.2, 0.25) is 0 Å². The number of carbonyl (C=O) groups excluding carboxylic acids is 2. The molecule has 2 aromatic rings. The van der Waals surface area contributed by atoms with E-state index in [2.05, 4.69) is 5.32 Å². The lowest BCUT2D eigenvalue weighted by Crippen LogP contribution is -2.44. The summed E-state index contributed by atoms with van der Waals surface area (Å²) in [5.74, 6) is -0.453. The number of halogens is 1. The Balaban J connectivity index is 1.75. The number of para-hydroxylation sites is 2. The van der Waals surface area contributed by atoms with Gasteiger partial charge in [0, 0.05) is 19.0 Å². The van der Waals surface area contributed by atoms with Crippen LogP contribution in [0.15, 0.2) is 48.5 Å². The van der Waals surface area contributed by atoms with Crippen LogP contribution in [0.5, 0.6) is 0 Å². The largest absolute Gasteiger partial charge is 0.324 e. The molecule has 0 saturated carbocycles. The third-order valence-electron chi connectivity index (χ3n) is 4.40. The Kier molecular flexibility index (Phi) is 5.32. The number of benzene rings is 2. The van der Waals surface area contributed by atoms with Gasteiger partial charge in [0.1, 0.15) is 5.82 Å². The molecule has 136 valence electrons. The molecule has 6 heteroatoms. The molecule has 0 unspecified atom stereocenters. The van der Waals surface area contributed by atoms with Gasteiger partial charge >= 0.3 is 0 Å². The molecule has 2 amide bonds. The second kappa shape index (κ2) is 7.66. The van der Waals surface area contributed by atoms with Crippen LogP contribution in [0.1, 0.15) is 18.9 Å². The molecule has 0 radical (unpaired) electrons.